The van der Waals surface area contributed by atoms with Crippen molar-refractivity contribution < 1.29 is 8.42 Å². The summed E-state index contributed by atoms with van der Waals surface area (Å²) < 4.78 is 27.7. The molecule has 8 heteroatoms. The molecule has 1 aromatic carbocycles. The zero-order valence-corrected chi connectivity index (χ0v) is 14.1. The molecule has 1 saturated heterocycles. The van der Waals surface area contributed by atoms with Gasteiger partial charge in [-0.05, 0) is 45.1 Å². The second-order valence-corrected chi connectivity index (χ2v) is 7.71. The van der Waals surface area contributed by atoms with E-state index in [1.165, 1.54) is 12.1 Å². The van der Waals surface area contributed by atoms with E-state index in [1.54, 1.807) is 0 Å². The Morgan fingerprint density at radius 1 is 1.33 bits per heavy atom. The summed E-state index contributed by atoms with van der Waals surface area (Å²) in [6, 6.07) is 2.86. The number of halogens is 2. The van der Waals surface area contributed by atoms with Crippen LogP contribution in [0.15, 0.2) is 17.0 Å². The van der Waals surface area contributed by atoms with E-state index in [2.05, 4.69) is 9.62 Å². The second-order valence-electron chi connectivity index (χ2n) is 5.24. The number of nitrogens with zero attached hydrogens (tertiary/aromatic N) is 1. The average Bonchev–Trinajstić information content (AvgIpc) is 2.41. The zero-order valence-electron chi connectivity index (χ0n) is 11.8. The van der Waals surface area contributed by atoms with Crippen LogP contribution in [0.25, 0.3) is 0 Å². The fourth-order valence-corrected chi connectivity index (χ4v) is 4.62. The summed E-state index contributed by atoms with van der Waals surface area (Å²) in [6.45, 7) is 1.83. The molecule has 1 aliphatic heterocycles. The van der Waals surface area contributed by atoms with E-state index in [4.69, 9.17) is 28.9 Å². The Morgan fingerprint density at radius 3 is 2.52 bits per heavy atom. The van der Waals surface area contributed by atoms with Gasteiger partial charge < -0.3 is 10.6 Å². The van der Waals surface area contributed by atoms with Gasteiger partial charge in [0.2, 0.25) is 10.0 Å². The standard InChI is InChI=1S/C13H19Cl2N3O2S/c1-18-6-4-9(5-7-18)17-21(19,20)12-3-2-11(14)10(8-16)13(12)15/h2-3,9,17H,4-8,16H2,1H3. The minimum absolute atomic E-state index is 0.0351. The molecule has 0 amide bonds. The third-order valence-corrected chi connectivity index (χ3v) is 6.15. The van der Waals surface area contributed by atoms with Gasteiger partial charge in [0.25, 0.3) is 0 Å². The van der Waals surface area contributed by atoms with E-state index in [0.717, 1.165) is 25.9 Å². The van der Waals surface area contributed by atoms with Gasteiger partial charge in [0, 0.05) is 23.2 Å². The van der Waals surface area contributed by atoms with Crippen LogP contribution in [0.1, 0.15) is 18.4 Å². The molecule has 1 aliphatic rings. The Morgan fingerprint density at radius 2 is 1.95 bits per heavy atom. The van der Waals surface area contributed by atoms with Crippen molar-refractivity contribution in [2.24, 2.45) is 5.73 Å². The van der Waals surface area contributed by atoms with E-state index in [1.807, 2.05) is 7.05 Å². The highest BCUT2D eigenvalue weighted by Gasteiger charge is 2.26. The first-order valence-electron chi connectivity index (χ1n) is 6.73. The zero-order chi connectivity index (χ0) is 15.6. The van der Waals surface area contributed by atoms with Gasteiger partial charge >= 0.3 is 0 Å². The Labute approximate surface area is 135 Å². The number of piperidine rings is 1. The van der Waals surface area contributed by atoms with Gasteiger partial charge in [-0.3, -0.25) is 0 Å². The van der Waals surface area contributed by atoms with E-state index in [-0.39, 0.29) is 22.5 Å². The van der Waals surface area contributed by atoms with E-state index < -0.39 is 10.0 Å². The van der Waals surface area contributed by atoms with Crippen molar-refractivity contribution in [1.29, 1.82) is 0 Å². The fourth-order valence-electron chi connectivity index (χ4n) is 2.38. The minimum Gasteiger partial charge on any atom is -0.326 e. The molecule has 118 valence electrons. The molecule has 0 aliphatic carbocycles. The molecule has 0 bridgehead atoms. The molecule has 0 atom stereocenters. The monoisotopic (exact) mass is 351 g/mol. The molecule has 5 nitrogen and oxygen atoms in total. The molecule has 2 rings (SSSR count). The quantitative estimate of drug-likeness (QED) is 0.867. The van der Waals surface area contributed by atoms with E-state index in [0.29, 0.717) is 10.6 Å². The highest BCUT2D eigenvalue weighted by atomic mass is 35.5. The van der Waals surface area contributed by atoms with Gasteiger partial charge in [-0.15, -0.1) is 0 Å². The summed E-state index contributed by atoms with van der Waals surface area (Å²) in [5.41, 5.74) is 6.02. The first-order chi connectivity index (χ1) is 9.85. The summed E-state index contributed by atoms with van der Waals surface area (Å²) in [4.78, 5) is 2.21. The van der Waals surface area contributed by atoms with Crippen molar-refractivity contribution in [2.75, 3.05) is 20.1 Å². The number of rotatable bonds is 4. The smallest absolute Gasteiger partial charge is 0.242 e. The molecular formula is C13H19Cl2N3O2S. The number of nitrogens with one attached hydrogen (secondary N) is 1. The number of sulfonamides is 1. The predicted molar refractivity (Wildman–Crippen MR) is 85.2 cm³/mol. The van der Waals surface area contributed by atoms with Gasteiger partial charge in [-0.2, -0.15) is 0 Å². The van der Waals surface area contributed by atoms with Crippen LogP contribution in [0.5, 0.6) is 0 Å². The number of likely N-dealkylation sites (tertiary alicyclic amines) is 1. The largest absolute Gasteiger partial charge is 0.326 e. The molecule has 0 spiro atoms. The van der Waals surface area contributed by atoms with Crippen molar-refractivity contribution in [1.82, 2.24) is 9.62 Å². The van der Waals surface area contributed by atoms with Crippen molar-refractivity contribution in [3.8, 4) is 0 Å². The number of hydrogen-bond acceptors (Lipinski definition) is 4. The summed E-state index contributed by atoms with van der Waals surface area (Å²) in [6.07, 6.45) is 1.56. The van der Waals surface area contributed by atoms with Crippen LogP contribution in [0.3, 0.4) is 0 Å². The third kappa shape index (κ3) is 3.88. The van der Waals surface area contributed by atoms with Crippen LogP contribution in [0.2, 0.25) is 10.0 Å². The van der Waals surface area contributed by atoms with Crippen molar-refractivity contribution in [3.05, 3.63) is 27.7 Å². The lowest BCUT2D eigenvalue weighted by molar-refractivity contribution is 0.248. The van der Waals surface area contributed by atoms with Crippen LogP contribution >= 0.6 is 23.2 Å². The topological polar surface area (TPSA) is 75.4 Å². The van der Waals surface area contributed by atoms with Gasteiger partial charge in [-0.1, -0.05) is 23.2 Å². The van der Waals surface area contributed by atoms with Crippen molar-refractivity contribution in [3.63, 3.8) is 0 Å². The lowest BCUT2D eigenvalue weighted by Crippen LogP contribution is -2.43. The minimum atomic E-state index is -3.67. The first kappa shape index (κ1) is 17.0. The Hall–Kier alpha value is -0.370. The van der Waals surface area contributed by atoms with Crippen LogP contribution in [0, 0.1) is 0 Å². The van der Waals surface area contributed by atoms with Crippen molar-refractivity contribution in [2.45, 2.75) is 30.3 Å². The predicted octanol–water partition coefficient (Wildman–Crippen LogP) is 1.82. The normalized spacial score (nSPS) is 18.1. The molecule has 0 saturated carbocycles. The van der Waals surface area contributed by atoms with Crippen LogP contribution in [0.4, 0.5) is 0 Å². The lowest BCUT2D eigenvalue weighted by Gasteiger charge is -2.29. The molecule has 0 radical (unpaired) electrons. The van der Waals surface area contributed by atoms with Gasteiger partial charge in [0.15, 0.2) is 0 Å². The highest BCUT2D eigenvalue weighted by Crippen LogP contribution is 2.31. The first-order valence-corrected chi connectivity index (χ1v) is 8.97. The van der Waals surface area contributed by atoms with Gasteiger partial charge in [0.1, 0.15) is 4.90 Å². The molecule has 0 aromatic heterocycles. The molecule has 21 heavy (non-hydrogen) atoms. The van der Waals surface area contributed by atoms with Gasteiger partial charge in [-0.25, -0.2) is 13.1 Å². The van der Waals surface area contributed by atoms with Crippen LogP contribution < -0.4 is 10.5 Å². The molecular weight excluding hydrogens is 333 g/mol. The van der Waals surface area contributed by atoms with Gasteiger partial charge in [0.05, 0.1) is 5.02 Å². The number of hydrogen-bond donors (Lipinski definition) is 2. The number of nitrogens with two attached hydrogens (primary N) is 1. The third-order valence-electron chi connectivity index (χ3n) is 3.68. The van der Waals surface area contributed by atoms with E-state index >= 15 is 0 Å². The maximum absolute atomic E-state index is 12.5. The summed E-state index contributed by atoms with van der Waals surface area (Å²) in [5, 5.41) is 0.478. The molecule has 0 unspecified atom stereocenters. The SMILES string of the molecule is CN1CCC(NS(=O)(=O)c2ccc(Cl)c(CN)c2Cl)CC1. The lowest BCUT2D eigenvalue weighted by atomic mass is 10.1. The maximum atomic E-state index is 12.5. The summed E-state index contributed by atoms with van der Waals surface area (Å²) in [7, 11) is -1.65. The Kier molecular flexibility index (Phi) is 5.51. The molecule has 3 N–H and O–H groups in total. The second kappa shape index (κ2) is 6.81. The van der Waals surface area contributed by atoms with Crippen LogP contribution in [-0.4, -0.2) is 39.5 Å². The van der Waals surface area contributed by atoms with Crippen LogP contribution in [-0.2, 0) is 16.6 Å². The molecule has 1 aromatic rings. The Bertz CT molecular complexity index is 614. The Balaban J connectivity index is 2.24. The average molecular weight is 352 g/mol. The highest BCUT2D eigenvalue weighted by molar-refractivity contribution is 7.89. The molecule has 1 heterocycles. The summed E-state index contributed by atoms with van der Waals surface area (Å²) in [5.74, 6) is 0. The molecule has 1 fully saturated rings. The van der Waals surface area contributed by atoms with E-state index in [9.17, 15) is 8.42 Å². The fraction of sp³-hybridized carbons (Fsp3) is 0.538. The number of benzene rings is 1. The maximum Gasteiger partial charge on any atom is 0.242 e. The summed E-state index contributed by atoms with van der Waals surface area (Å²) >= 11 is 12.1. The van der Waals surface area contributed by atoms with Crippen molar-refractivity contribution >= 4 is 33.2 Å².